The summed E-state index contributed by atoms with van der Waals surface area (Å²) in [5.74, 6) is 5.29. The standard InChI is InChI=1S/C21H26N4O/c1-2-25-19-6-4-3-5-17(19)18-13-15(7-8-20(18)25)14-24-11-9-16(10-12-24)21(26)23-22/h3-8,13,16H,2,9-12,14,22H2,1H3,(H,23,26). The van der Waals surface area contributed by atoms with E-state index in [1.807, 2.05) is 0 Å². The maximum atomic E-state index is 11.7. The van der Waals surface area contributed by atoms with Crippen molar-refractivity contribution >= 4 is 27.7 Å². The molecule has 26 heavy (non-hydrogen) atoms. The fourth-order valence-corrected chi connectivity index (χ4v) is 4.27. The zero-order chi connectivity index (χ0) is 18.1. The molecule has 0 bridgehead atoms. The quantitative estimate of drug-likeness (QED) is 0.432. The van der Waals surface area contributed by atoms with Gasteiger partial charge in [-0.3, -0.25) is 15.1 Å². The van der Waals surface area contributed by atoms with Crippen LogP contribution in [0.3, 0.4) is 0 Å². The summed E-state index contributed by atoms with van der Waals surface area (Å²) in [4.78, 5) is 14.1. The molecule has 0 unspecified atom stereocenters. The highest BCUT2D eigenvalue weighted by Crippen LogP contribution is 2.30. The van der Waals surface area contributed by atoms with Crippen LogP contribution in [0.1, 0.15) is 25.3 Å². The molecule has 3 aromatic rings. The highest BCUT2D eigenvalue weighted by atomic mass is 16.2. The van der Waals surface area contributed by atoms with Gasteiger partial charge in [0.25, 0.3) is 0 Å². The van der Waals surface area contributed by atoms with E-state index in [2.05, 4.69) is 64.3 Å². The lowest BCUT2D eigenvalue weighted by Gasteiger charge is -2.31. The van der Waals surface area contributed by atoms with E-state index in [0.717, 1.165) is 39.0 Å². The number of piperidine rings is 1. The van der Waals surface area contributed by atoms with E-state index in [-0.39, 0.29) is 11.8 Å². The lowest BCUT2D eigenvalue weighted by molar-refractivity contribution is -0.126. The number of rotatable bonds is 4. The number of para-hydroxylation sites is 1. The first kappa shape index (κ1) is 17.1. The number of carbonyl (C=O) groups excluding carboxylic acids is 1. The van der Waals surface area contributed by atoms with Gasteiger partial charge in [-0.05, 0) is 56.6 Å². The predicted octanol–water partition coefficient (Wildman–Crippen LogP) is 3.02. The van der Waals surface area contributed by atoms with Gasteiger partial charge in [0.05, 0.1) is 0 Å². The fourth-order valence-electron chi connectivity index (χ4n) is 4.27. The van der Waals surface area contributed by atoms with E-state index < -0.39 is 0 Å². The lowest BCUT2D eigenvalue weighted by Crippen LogP contribution is -2.42. The van der Waals surface area contributed by atoms with Gasteiger partial charge in [0.15, 0.2) is 0 Å². The predicted molar refractivity (Wildman–Crippen MR) is 105 cm³/mol. The van der Waals surface area contributed by atoms with Crippen LogP contribution in [0.5, 0.6) is 0 Å². The molecular weight excluding hydrogens is 324 g/mol. The van der Waals surface area contributed by atoms with Crippen molar-refractivity contribution in [3.05, 3.63) is 48.0 Å². The summed E-state index contributed by atoms with van der Waals surface area (Å²) < 4.78 is 2.38. The minimum Gasteiger partial charge on any atom is -0.341 e. The fraction of sp³-hybridized carbons (Fsp3) is 0.381. The Morgan fingerprint density at radius 2 is 1.85 bits per heavy atom. The molecule has 0 atom stereocenters. The number of nitrogens with zero attached hydrogens (tertiary/aromatic N) is 2. The van der Waals surface area contributed by atoms with Crippen molar-refractivity contribution < 1.29 is 4.79 Å². The van der Waals surface area contributed by atoms with Gasteiger partial charge in [0, 0.05) is 40.8 Å². The molecule has 0 spiro atoms. The smallest absolute Gasteiger partial charge is 0.237 e. The van der Waals surface area contributed by atoms with Crippen LogP contribution in [0.2, 0.25) is 0 Å². The molecular formula is C21H26N4O. The van der Waals surface area contributed by atoms with E-state index in [0.29, 0.717) is 0 Å². The number of amides is 1. The summed E-state index contributed by atoms with van der Waals surface area (Å²) >= 11 is 0. The monoisotopic (exact) mass is 350 g/mol. The second-order valence-electron chi connectivity index (χ2n) is 7.17. The van der Waals surface area contributed by atoms with Crippen molar-refractivity contribution in [2.75, 3.05) is 13.1 Å². The molecule has 1 aromatic heterocycles. The third-order valence-electron chi connectivity index (χ3n) is 5.66. The van der Waals surface area contributed by atoms with E-state index >= 15 is 0 Å². The van der Waals surface area contributed by atoms with Crippen molar-refractivity contribution in [1.29, 1.82) is 0 Å². The van der Waals surface area contributed by atoms with Crippen LogP contribution >= 0.6 is 0 Å². The van der Waals surface area contributed by atoms with Crippen molar-refractivity contribution in [3.63, 3.8) is 0 Å². The Balaban J connectivity index is 1.57. The molecule has 0 aliphatic carbocycles. The molecule has 2 aromatic carbocycles. The Labute approximate surface area is 153 Å². The molecule has 4 rings (SSSR count). The first-order valence-corrected chi connectivity index (χ1v) is 9.44. The zero-order valence-electron chi connectivity index (χ0n) is 15.2. The summed E-state index contributed by atoms with van der Waals surface area (Å²) in [5, 5.41) is 2.65. The van der Waals surface area contributed by atoms with Gasteiger partial charge in [-0.25, -0.2) is 5.84 Å². The van der Waals surface area contributed by atoms with Crippen LogP contribution in [0.25, 0.3) is 21.8 Å². The molecule has 0 saturated carbocycles. The second kappa shape index (κ2) is 7.09. The first-order valence-electron chi connectivity index (χ1n) is 9.44. The number of aromatic nitrogens is 1. The van der Waals surface area contributed by atoms with Gasteiger partial charge < -0.3 is 4.57 Å². The van der Waals surface area contributed by atoms with Crippen LogP contribution in [0, 0.1) is 5.92 Å². The molecule has 5 heteroatoms. The first-order chi connectivity index (χ1) is 12.7. The summed E-state index contributed by atoms with van der Waals surface area (Å²) in [6.45, 7) is 5.97. The number of hydrogen-bond donors (Lipinski definition) is 2. The third kappa shape index (κ3) is 2.97. The molecule has 136 valence electrons. The number of hydrogen-bond acceptors (Lipinski definition) is 3. The number of carbonyl (C=O) groups is 1. The Kier molecular flexibility index (Phi) is 4.66. The number of benzene rings is 2. The minimum absolute atomic E-state index is 0.0292. The second-order valence-corrected chi connectivity index (χ2v) is 7.17. The largest absolute Gasteiger partial charge is 0.341 e. The van der Waals surface area contributed by atoms with Gasteiger partial charge in [0.1, 0.15) is 0 Å². The molecule has 1 aliphatic heterocycles. The van der Waals surface area contributed by atoms with Gasteiger partial charge in [-0.2, -0.15) is 0 Å². The summed E-state index contributed by atoms with van der Waals surface area (Å²) in [5.41, 5.74) is 6.22. The molecule has 5 nitrogen and oxygen atoms in total. The third-order valence-corrected chi connectivity index (χ3v) is 5.66. The van der Waals surface area contributed by atoms with E-state index in [1.165, 1.54) is 27.4 Å². The zero-order valence-corrected chi connectivity index (χ0v) is 15.2. The van der Waals surface area contributed by atoms with Gasteiger partial charge in [0.2, 0.25) is 5.91 Å². The molecule has 1 saturated heterocycles. The van der Waals surface area contributed by atoms with E-state index in [9.17, 15) is 4.79 Å². The van der Waals surface area contributed by atoms with Crippen LogP contribution in [-0.2, 0) is 17.9 Å². The average Bonchev–Trinajstić information content (AvgIpc) is 3.01. The lowest BCUT2D eigenvalue weighted by atomic mass is 9.96. The molecule has 1 aliphatic rings. The molecule has 3 N–H and O–H groups in total. The van der Waals surface area contributed by atoms with Crippen molar-refractivity contribution in [3.8, 4) is 0 Å². The normalized spacial score (nSPS) is 16.4. The van der Waals surface area contributed by atoms with E-state index in [1.54, 1.807) is 0 Å². The Morgan fingerprint density at radius 3 is 2.58 bits per heavy atom. The number of nitrogens with two attached hydrogens (primary N) is 1. The van der Waals surface area contributed by atoms with Crippen LogP contribution in [0.4, 0.5) is 0 Å². The SMILES string of the molecule is CCn1c2ccccc2c2cc(CN3CCC(C(=O)NN)CC3)ccc21. The average molecular weight is 350 g/mol. The maximum Gasteiger partial charge on any atom is 0.237 e. The summed E-state index contributed by atoms with van der Waals surface area (Å²) in [6, 6.07) is 15.5. The Bertz CT molecular complexity index is 938. The van der Waals surface area contributed by atoms with Crippen molar-refractivity contribution in [1.82, 2.24) is 14.9 Å². The van der Waals surface area contributed by atoms with E-state index in [4.69, 9.17) is 5.84 Å². The Morgan fingerprint density at radius 1 is 1.12 bits per heavy atom. The summed E-state index contributed by atoms with van der Waals surface area (Å²) in [7, 11) is 0. The van der Waals surface area contributed by atoms with Crippen LogP contribution < -0.4 is 11.3 Å². The molecule has 1 amide bonds. The summed E-state index contributed by atoms with van der Waals surface area (Å²) in [6.07, 6.45) is 1.75. The number of nitrogens with one attached hydrogen (secondary N) is 1. The topological polar surface area (TPSA) is 63.3 Å². The highest BCUT2D eigenvalue weighted by Gasteiger charge is 2.24. The van der Waals surface area contributed by atoms with Crippen molar-refractivity contribution in [2.45, 2.75) is 32.9 Å². The van der Waals surface area contributed by atoms with Crippen LogP contribution in [-0.4, -0.2) is 28.5 Å². The van der Waals surface area contributed by atoms with Crippen LogP contribution in [0.15, 0.2) is 42.5 Å². The van der Waals surface area contributed by atoms with Crippen molar-refractivity contribution in [2.24, 2.45) is 11.8 Å². The van der Waals surface area contributed by atoms with Gasteiger partial charge in [-0.1, -0.05) is 24.3 Å². The van der Waals surface area contributed by atoms with Gasteiger partial charge >= 0.3 is 0 Å². The highest BCUT2D eigenvalue weighted by molar-refractivity contribution is 6.08. The number of likely N-dealkylation sites (tertiary alicyclic amines) is 1. The Hall–Kier alpha value is -2.37. The number of aryl methyl sites for hydroxylation is 1. The van der Waals surface area contributed by atoms with Gasteiger partial charge in [-0.15, -0.1) is 0 Å². The molecule has 1 fully saturated rings. The maximum absolute atomic E-state index is 11.7. The number of fused-ring (bicyclic) bond motifs is 3. The molecule has 0 radical (unpaired) electrons. The minimum atomic E-state index is -0.0292. The molecule has 2 heterocycles. The number of hydrazine groups is 1.